The Morgan fingerprint density at radius 1 is 1.37 bits per heavy atom. The van der Waals surface area contributed by atoms with Gasteiger partial charge in [-0.15, -0.1) is 0 Å². The highest BCUT2D eigenvalue weighted by Gasteiger charge is 2.18. The number of carbonyl (C=O) groups excluding carboxylic acids is 1. The number of aromatic nitrogens is 2. The predicted molar refractivity (Wildman–Crippen MR) is 70.8 cm³/mol. The fourth-order valence-corrected chi connectivity index (χ4v) is 1.89. The van der Waals surface area contributed by atoms with E-state index in [-0.39, 0.29) is 5.91 Å². The summed E-state index contributed by atoms with van der Waals surface area (Å²) in [7, 11) is 0. The molecule has 100 valence electrons. The molecule has 0 aliphatic rings. The number of rotatable bonds is 5. The molecule has 0 saturated carbocycles. The highest BCUT2D eigenvalue weighted by molar-refractivity contribution is 5.94. The van der Waals surface area contributed by atoms with Crippen LogP contribution >= 0.6 is 0 Å². The van der Waals surface area contributed by atoms with Gasteiger partial charge in [0.25, 0.3) is 5.91 Å². The second-order valence-electron chi connectivity index (χ2n) is 4.29. The van der Waals surface area contributed by atoms with Crippen molar-refractivity contribution < 1.29 is 9.32 Å². The molecule has 2 aromatic rings. The minimum atomic E-state index is -0.0321. The lowest BCUT2D eigenvalue weighted by molar-refractivity contribution is 0.0764. The van der Waals surface area contributed by atoms with E-state index in [0.717, 1.165) is 6.42 Å². The van der Waals surface area contributed by atoms with Crippen LogP contribution in [-0.4, -0.2) is 34.0 Å². The van der Waals surface area contributed by atoms with Crippen LogP contribution in [0, 0.1) is 6.92 Å². The first-order valence-electron chi connectivity index (χ1n) is 6.31. The zero-order valence-electron chi connectivity index (χ0n) is 11.2. The number of likely N-dealkylation sites (N-methyl/N-ethyl adjacent to an activating group) is 1. The van der Waals surface area contributed by atoms with Gasteiger partial charge in [-0.25, -0.2) is 0 Å². The summed E-state index contributed by atoms with van der Waals surface area (Å²) in [5.74, 6) is 0.530. The smallest absolute Gasteiger partial charge is 0.259 e. The second kappa shape index (κ2) is 6.13. The first-order valence-corrected chi connectivity index (χ1v) is 6.31. The van der Waals surface area contributed by atoms with Crippen LogP contribution in [0.25, 0.3) is 0 Å². The summed E-state index contributed by atoms with van der Waals surface area (Å²) in [6.45, 7) is 5.04. The van der Waals surface area contributed by atoms with Crippen molar-refractivity contribution >= 4 is 5.91 Å². The molecular formula is C14H17N3O2. The van der Waals surface area contributed by atoms with Crippen LogP contribution in [0.2, 0.25) is 0 Å². The van der Waals surface area contributed by atoms with Gasteiger partial charge in [0, 0.05) is 25.5 Å². The summed E-state index contributed by atoms with van der Waals surface area (Å²) in [4.78, 5) is 18.1. The standard InChI is InChI=1S/C14H17N3O2/c1-3-17(9-6-12-4-7-15-8-5-12)14(18)13-10-16-19-11(13)2/h4-5,7-8,10H,3,6,9H2,1-2H3. The zero-order valence-corrected chi connectivity index (χ0v) is 11.2. The molecule has 0 atom stereocenters. The Morgan fingerprint density at radius 3 is 2.68 bits per heavy atom. The Bertz CT molecular complexity index is 537. The van der Waals surface area contributed by atoms with Gasteiger partial charge in [0.05, 0.1) is 6.20 Å². The molecule has 2 aromatic heterocycles. The van der Waals surface area contributed by atoms with E-state index in [1.54, 1.807) is 24.2 Å². The Morgan fingerprint density at radius 2 is 2.11 bits per heavy atom. The molecule has 2 rings (SSSR count). The molecule has 0 aliphatic heterocycles. The molecule has 19 heavy (non-hydrogen) atoms. The van der Waals surface area contributed by atoms with Crippen molar-refractivity contribution in [2.45, 2.75) is 20.3 Å². The summed E-state index contributed by atoms with van der Waals surface area (Å²) in [6.07, 6.45) is 5.81. The van der Waals surface area contributed by atoms with E-state index in [1.165, 1.54) is 11.8 Å². The number of amides is 1. The highest BCUT2D eigenvalue weighted by atomic mass is 16.5. The van der Waals surface area contributed by atoms with Crippen molar-refractivity contribution in [2.75, 3.05) is 13.1 Å². The average Bonchev–Trinajstić information content (AvgIpc) is 2.86. The quantitative estimate of drug-likeness (QED) is 0.825. The van der Waals surface area contributed by atoms with E-state index >= 15 is 0 Å². The van der Waals surface area contributed by atoms with Crippen LogP contribution in [0.5, 0.6) is 0 Å². The first-order chi connectivity index (χ1) is 9.22. The molecule has 5 nitrogen and oxygen atoms in total. The third kappa shape index (κ3) is 3.19. The van der Waals surface area contributed by atoms with Crippen LogP contribution < -0.4 is 0 Å². The zero-order chi connectivity index (χ0) is 13.7. The molecule has 0 bridgehead atoms. The van der Waals surface area contributed by atoms with Crippen LogP contribution in [-0.2, 0) is 6.42 Å². The molecule has 0 saturated heterocycles. The third-order valence-electron chi connectivity index (χ3n) is 3.07. The van der Waals surface area contributed by atoms with E-state index < -0.39 is 0 Å². The summed E-state index contributed by atoms with van der Waals surface area (Å²) < 4.78 is 4.94. The molecule has 0 N–H and O–H groups in total. The predicted octanol–water partition coefficient (Wildman–Crippen LogP) is 2.08. The number of carbonyl (C=O) groups is 1. The average molecular weight is 259 g/mol. The fraction of sp³-hybridized carbons (Fsp3) is 0.357. The number of nitrogens with zero attached hydrogens (tertiary/aromatic N) is 3. The molecule has 1 amide bonds. The number of hydrogen-bond acceptors (Lipinski definition) is 4. The molecule has 0 radical (unpaired) electrons. The topological polar surface area (TPSA) is 59.2 Å². The molecule has 0 fully saturated rings. The fourth-order valence-electron chi connectivity index (χ4n) is 1.89. The van der Waals surface area contributed by atoms with Crippen LogP contribution in [0.3, 0.4) is 0 Å². The monoisotopic (exact) mass is 259 g/mol. The molecule has 0 spiro atoms. The van der Waals surface area contributed by atoms with E-state index in [2.05, 4.69) is 10.1 Å². The van der Waals surface area contributed by atoms with E-state index in [0.29, 0.717) is 24.4 Å². The van der Waals surface area contributed by atoms with Crippen molar-refractivity contribution in [1.29, 1.82) is 0 Å². The molecule has 0 aromatic carbocycles. The van der Waals surface area contributed by atoms with Gasteiger partial charge in [-0.1, -0.05) is 5.16 Å². The van der Waals surface area contributed by atoms with Gasteiger partial charge in [0.15, 0.2) is 0 Å². The van der Waals surface area contributed by atoms with Crippen LogP contribution in [0.4, 0.5) is 0 Å². The summed E-state index contributed by atoms with van der Waals surface area (Å²) in [6, 6.07) is 3.92. The highest BCUT2D eigenvalue weighted by Crippen LogP contribution is 2.10. The number of hydrogen-bond donors (Lipinski definition) is 0. The largest absolute Gasteiger partial charge is 0.361 e. The lowest BCUT2D eigenvalue weighted by Crippen LogP contribution is -2.32. The van der Waals surface area contributed by atoms with Gasteiger partial charge < -0.3 is 9.42 Å². The Balaban J connectivity index is 2.01. The van der Waals surface area contributed by atoms with Gasteiger partial charge in [-0.05, 0) is 38.0 Å². The second-order valence-corrected chi connectivity index (χ2v) is 4.29. The lowest BCUT2D eigenvalue weighted by atomic mass is 10.1. The molecule has 2 heterocycles. The third-order valence-corrected chi connectivity index (χ3v) is 3.07. The summed E-state index contributed by atoms with van der Waals surface area (Å²) in [5.41, 5.74) is 1.71. The molecule has 5 heteroatoms. The molecular weight excluding hydrogens is 242 g/mol. The normalized spacial score (nSPS) is 10.4. The Hall–Kier alpha value is -2.17. The van der Waals surface area contributed by atoms with Crippen LogP contribution in [0.15, 0.2) is 35.2 Å². The summed E-state index contributed by atoms with van der Waals surface area (Å²) in [5, 5.41) is 3.65. The van der Waals surface area contributed by atoms with Crippen molar-refractivity contribution in [1.82, 2.24) is 15.0 Å². The van der Waals surface area contributed by atoms with E-state index in [1.807, 2.05) is 19.1 Å². The van der Waals surface area contributed by atoms with Gasteiger partial charge in [-0.3, -0.25) is 9.78 Å². The van der Waals surface area contributed by atoms with E-state index in [9.17, 15) is 4.79 Å². The minimum Gasteiger partial charge on any atom is -0.361 e. The number of aryl methyl sites for hydroxylation is 1. The minimum absolute atomic E-state index is 0.0321. The van der Waals surface area contributed by atoms with Crippen molar-refractivity contribution in [2.24, 2.45) is 0 Å². The van der Waals surface area contributed by atoms with Crippen molar-refractivity contribution in [3.05, 3.63) is 47.6 Å². The van der Waals surface area contributed by atoms with Crippen LogP contribution in [0.1, 0.15) is 28.6 Å². The maximum Gasteiger partial charge on any atom is 0.259 e. The molecule has 0 aliphatic carbocycles. The maximum absolute atomic E-state index is 12.3. The lowest BCUT2D eigenvalue weighted by Gasteiger charge is -2.20. The van der Waals surface area contributed by atoms with Gasteiger partial charge in [-0.2, -0.15) is 0 Å². The summed E-state index contributed by atoms with van der Waals surface area (Å²) >= 11 is 0. The Kier molecular flexibility index (Phi) is 4.28. The first kappa shape index (κ1) is 13.3. The van der Waals surface area contributed by atoms with Crippen molar-refractivity contribution in [3.8, 4) is 0 Å². The SMILES string of the molecule is CCN(CCc1ccncc1)C(=O)c1cnoc1C. The maximum atomic E-state index is 12.3. The van der Waals surface area contributed by atoms with Crippen molar-refractivity contribution in [3.63, 3.8) is 0 Å². The van der Waals surface area contributed by atoms with Gasteiger partial charge in [0.2, 0.25) is 0 Å². The Labute approximate surface area is 112 Å². The number of pyridine rings is 1. The van der Waals surface area contributed by atoms with Gasteiger partial charge in [0.1, 0.15) is 11.3 Å². The molecule has 0 unspecified atom stereocenters. The van der Waals surface area contributed by atoms with E-state index in [4.69, 9.17) is 4.52 Å². The van der Waals surface area contributed by atoms with Gasteiger partial charge >= 0.3 is 0 Å².